The molecule has 3 N–H and O–H groups in total. The number of hydrogen-bond acceptors (Lipinski definition) is 5. The summed E-state index contributed by atoms with van der Waals surface area (Å²) in [6.45, 7) is 4.06. The zero-order chi connectivity index (χ0) is 13.8. The molecule has 0 aliphatic heterocycles. The summed E-state index contributed by atoms with van der Waals surface area (Å²) in [6, 6.07) is 6.18. The second kappa shape index (κ2) is 5.71. The van der Waals surface area contributed by atoms with Crippen LogP contribution in [0.5, 0.6) is 0 Å². The summed E-state index contributed by atoms with van der Waals surface area (Å²) in [6.07, 6.45) is 3.10. The van der Waals surface area contributed by atoms with Crippen molar-refractivity contribution in [2.24, 2.45) is 10.9 Å². The zero-order valence-electron chi connectivity index (χ0n) is 10.7. The summed E-state index contributed by atoms with van der Waals surface area (Å²) in [7, 11) is 0. The minimum atomic E-state index is -0.0408. The highest BCUT2D eigenvalue weighted by Crippen LogP contribution is 2.30. The standard InChI is InChI=1S/C13H14N4OS/c1-8-3-4-9(2)10(7-8)19-13-11(12(14)17-18)15-5-6-16-13/h3-7,18H,1-2H3,(H2,14,17). The molecule has 0 aliphatic rings. The Kier molecular flexibility index (Phi) is 4.01. The van der Waals surface area contributed by atoms with Crippen molar-refractivity contribution in [3.8, 4) is 0 Å². The van der Waals surface area contributed by atoms with Gasteiger partial charge in [-0.3, -0.25) is 0 Å². The molecule has 5 nitrogen and oxygen atoms in total. The van der Waals surface area contributed by atoms with Crippen LogP contribution in [0.2, 0.25) is 0 Å². The molecule has 0 spiro atoms. The van der Waals surface area contributed by atoms with Crippen molar-refractivity contribution in [1.82, 2.24) is 9.97 Å². The number of nitrogens with two attached hydrogens (primary N) is 1. The fraction of sp³-hybridized carbons (Fsp3) is 0.154. The Bertz CT molecular complexity index is 628. The molecular weight excluding hydrogens is 260 g/mol. The highest BCUT2D eigenvalue weighted by molar-refractivity contribution is 7.99. The average Bonchev–Trinajstić information content (AvgIpc) is 2.42. The topological polar surface area (TPSA) is 84.4 Å². The first-order valence-electron chi connectivity index (χ1n) is 5.66. The van der Waals surface area contributed by atoms with Gasteiger partial charge in [0, 0.05) is 17.3 Å². The number of hydrogen-bond donors (Lipinski definition) is 2. The van der Waals surface area contributed by atoms with Gasteiger partial charge in [-0.1, -0.05) is 29.1 Å². The van der Waals surface area contributed by atoms with Gasteiger partial charge in [0.2, 0.25) is 0 Å². The molecule has 0 radical (unpaired) electrons. The zero-order valence-corrected chi connectivity index (χ0v) is 11.5. The van der Waals surface area contributed by atoms with Crippen molar-refractivity contribution < 1.29 is 5.21 Å². The van der Waals surface area contributed by atoms with E-state index in [1.165, 1.54) is 23.5 Å². The summed E-state index contributed by atoms with van der Waals surface area (Å²) < 4.78 is 0. The molecule has 0 aliphatic carbocycles. The Morgan fingerprint density at radius 1 is 1.26 bits per heavy atom. The van der Waals surface area contributed by atoms with E-state index < -0.39 is 0 Å². The highest BCUT2D eigenvalue weighted by Gasteiger charge is 2.12. The molecule has 1 heterocycles. The Morgan fingerprint density at radius 3 is 2.74 bits per heavy atom. The number of aryl methyl sites for hydroxylation is 2. The van der Waals surface area contributed by atoms with Gasteiger partial charge in [0.25, 0.3) is 0 Å². The summed E-state index contributed by atoms with van der Waals surface area (Å²) in [5, 5.41) is 12.4. The molecule has 0 saturated carbocycles. The molecule has 2 aromatic rings. The third-order valence-corrected chi connectivity index (χ3v) is 3.72. The molecule has 2 rings (SSSR count). The van der Waals surface area contributed by atoms with E-state index in [1.54, 1.807) is 6.20 Å². The van der Waals surface area contributed by atoms with Gasteiger partial charge < -0.3 is 10.9 Å². The minimum Gasteiger partial charge on any atom is -0.409 e. The number of rotatable bonds is 3. The first-order chi connectivity index (χ1) is 9.11. The first-order valence-corrected chi connectivity index (χ1v) is 6.47. The number of aromatic nitrogens is 2. The molecule has 0 saturated heterocycles. The van der Waals surface area contributed by atoms with Crippen LogP contribution in [-0.2, 0) is 0 Å². The molecule has 0 fully saturated rings. The average molecular weight is 274 g/mol. The van der Waals surface area contributed by atoms with Gasteiger partial charge in [-0.2, -0.15) is 0 Å². The maximum atomic E-state index is 8.76. The molecule has 98 valence electrons. The molecule has 1 aromatic carbocycles. The largest absolute Gasteiger partial charge is 0.409 e. The molecule has 0 bridgehead atoms. The van der Waals surface area contributed by atoms with Crippen LogP contribution in [0.4, 0.5) is 0 Å². The summed E-state index contributed by atoms with van der Waals surface area (Å²) in [5.41, 5.74) is 8.30. The van der Waals surface area contributed by atoms with E-state index in [4.69, 9.17) is 10.9 Å². The van der Waals surface area contributed by atoms with Gasteiger partial charge in [0.15, 0.2) is 5.84 Å². The van der Waals surface area contributed by atoms with Crippen molar-refractivity contribution in [3.63, 3.8) is 0 Å². The van der Waals surface area contributed by atoms with Crippen LogP contribution in [0, 0.1) is 13.8 Å². The summed E-state index contributed by atoms with van der Waals surface area (Å²) in [4.78, 5) is 9.42. The van der Waals surface area contributed by atoms with E-state index in [0.29, 0.717) is 10.7 Å². The van der Waals surface area contributed by atoms with Crippen LogP contribution in [0.15, 0.2) is 45.7 Å². The van der Waals surface area contributed by atoms with Crippen LogP contribution in [0.25, 0.3) is 0 Å². The third-order valence-electron chi connectivity index (χ3n) is 2.57. The van der Waals surface area contributed by atoms with E-state index in [2.05, 4.69) is 33.3 Å². The summed E-state index contributed by atoms with van der Waals surface area (Å²) >= 11 is 1.45. The van der Waals surface area contributed by atoms with Crippen LogP contribution >= 0.6 is 11.8 Å². The van der Waals surface area contributed by atoms with E-state index in [1.807, 2.05) is 13.8 Å². The van der Waals surface area contributed by atoms with E-state index in [0.717, 1.165) is 10.5 Å². The maximum Gasteiger partial charge on any atom is 0.191 e. The Hall–Kier alpha value is -2.08. The Balaban J connectivity index is 2.41. The van der Waals surface area contributed by atoms with Crippen LogP contribution in [0.3, 0.4) is 0 Å². The molecule has 1 aromatic heterocycles. The van der Waals surface area contributed by atoms with Crippen molar-refractivity contribution in [1.29, 1.82) is 0 Å². The number of nitrogens with zero attached hydrogens (tertiary/aromatic N) is 3. The number of benzene rings is 1. The number of amidine groups is 1. The maximum absolute atomic E-state index is 8.76. The summed E-state index contributed by atoms with van der Waals surface area (Å²) in [5.74, 6) is -0.0408. The van der Waals surface area contributed by atoms with Crippen LogP contribution < -0.4 is 5.73 Å². The van der Waals surface area contributed by atoms with E-state index >= 15 is 0 Å². The number of oxime groups is 1. The van der Waals surface area contributed by atoms with Crippen LogP contribution in [0.1, 0.15) is 16.8 Å². The van der Waals surface area contributed by atoms with E-state index in [9.17, 15) is 0 Å². The van der Waals surface area contributed by atoms with Gasteiger partial charge in [-0.05, 0) is 31.0 Å². The van der Waals surface area contributed by atoms with Gasteiger partial charge in [-0.25, -0.2) is 9.97 Å². The second-order valence-electron chi connectivity index (χ2n) is 4.07. The normalized spacial score (nSPS) is 11.6. The Labute approximate surface area is 115 Å². The first kappa shape index (κ1) is 13.4. The fourth-order valence-electron chi connectivity index (χ4n) is 1.54. The lowest BCUT2D eigenvalue weighted by Gasteiger charge is -2.08. The minimum absolute atomic E-state index is 0.0408. The lowest BCUT2D eigenvalue weighted by molar-refractivity contribution is 0.318. The second-order valence-corrected chi connectivity index (χ2v) is 5.10. The lowest BCUT2D eigenvalue weighted by Crippen LogP contribution is -2.16. The Morgan fingerprint density at radius 2 is 2.00 bits per heavy atom. The van der Waals surface area contributed by atoms with Crippen molar-refractivity contribution >= 4 is 17.6 Å². The van der Waals surface area contributed by atoms with Crippen molar-refractivity contribution in [2.75, 3.05) is 0 Å². The smallest absolute Gasteiger partial charge is 0.191 e. The van der Waals surface area contributed by atoms with Crippen LogP contribution in [-0.4, -0.2) is 21.0 Å². The predicted molar refractivity (Wildman–Crippen MR) is 74.6 cm³/mol. The van der Waals surface area contributed by atoms with Gasteiger partial charge in [-0.15, -0.1) is 0 Å². The molecule has 0 amide bonds. The molecule has 6 heteroatoms. The molecule has 0 atom stereocenters. The monoisotopic (exact) mass is 274 g/mol. The van der Waals surface area contributed by atoms with Gasteiger partial charge in [0.05, 0.1) is 0 Å². The van der Waals surface area contributed by atoms with Gasteiger partial charge in [0.1, 0.15) is 10.7 Å². The van der Waals surface area contributed by atoms with Crippen molar-refractivity contribution in [3.05, 3.63) is 47.4 Å². The molecule has 0 unspecified atom stereocenters. The predicted octanol–water partition coefficient (Wildman–Crippen LogP) is 2.34. The SMILES string of the molecule is Cc1ccc(C)c(Sc2nccnc2C(N)=NO)c1. The lowest BCUT2D eigenvalue weighted by atomic mass is 10.2. The van der Waals surface area contributed by atoms with E-state index in [-0.39, 0.29) is 5.84 Å². The molecular formula is C13H14N4OS. The van der Waals surface area contributed by atoms with Gasteiger partial charge >= 0.3 is 0 Å². The van der Waals surface area contributed by atoms with Crippen molar-refractivity contribution in [2.45, 2.75) is 23.8 Å². The quantitative estimate of drug-likeness (QED) is 0.388. The highest BCUT2D eigenvalue weighted by atomic mass is 32.2. The third kappa shape index (κ3) is 3.03. The molecule has 19 heavy (non-hydrogen) atoms. The fourth-order valence-corrected chi connectivity index (χ4v) is 2.59.